The summed E-state index contributed by atoms with van der Waals surface area (Å²) in [6.07, 6.45) is 3.31. The SMILES string of the molecule is C[C@@H]1C(=O)CC[C@]2(C)c3nn(C)c(-c4ccccc4F)c3CC[C@@H]12. The van der Waals surface area contributed by atoms with E-state index in [9.17, 15) is 9.18 Å². The summed E-state index contributed by atoms with van der Waals surface area (Å²) in [5.74, 6) is 0.611. The van der Waals surface area contributed by atoms with Crippen molar-refractivity contribution in [1.29, 1.82) is 0 Å². The molecule has 3 atom stereocenters. The minimum atomic E-state index is -0.206. The molecule has 4 heteroatoms. The number of aromatic nitrogens is 2. The number of Topliss-reactive ketones (excluding diaryl/α,β-unsaturated/α-hetero) is 1. The van der Waals surface area contributed by atoms with E-state index < -0.39 is 0 Å². The number of hydrogen-bond donors (Lipinski definition) is 0. The molecule has 2 aliphatic rings. The predicted molar refractivity (Wildman–Crippen MR) is 91.2 cm³/mol. The predicted octanol–water partition coefficient (Wildman–Crippen LogP) is 4.05. The van der Waals surface area contributed by atoms with Crippen molar-refractivity contribution in [2.75, 3.05) is 0 Å². The lowest BCUT2D eigenvalue weighted by atomic mass is 9.56. The zero-order valence-corrected chi connectivity index (χ0v) is 14.5. The molecule has 1 saturated carbocycles. The van der Waals surface area contributed by atoms with Crippen molar-refractivity contribution in [2.45, 2.75) is 44.9 Å². The minimum absolute atomic E-state index is 0.0812. The van der Waals surface area contributed by atoms with E-state index in [1.807, 2.05) is 23.9 Å². The molecule has 1 fully saturated rings. The van der Waals surface area contributed by atoms with E-state index in [-0.39, 0.29) is 17.2 Å². The normalized spacial score (nSPS) is 29.2. The van der Waals surface area contributed by atoms with Crippen LogP contribution in [-0.2, 0) is 23.7 Å². The fraction of sp³-hybridized carbons (Fsp3) is 0.500. The Labute approximate surface area is 141 Å². The van der Waals surface area contributed by atoms with Crippen molar-refractivity contribution in [1.82, 2.24) is 9.78 Å². The van der Waals surface area contributed by atoms with Crippen LogP contribution in [0.2, 0.25) is 0 Å². The van der Waals surface area contributed by atoms with Crippen molar-refractivity contribution in [3.8, 4) is 11.3 Å². The summed E-state index contributed by atoms with van der Waals surface area (Å²) in [6.45, 7) is 4.31. The van der Waals surface area contributed by atoms with Gasteiger partial charge in [0.2, 0.25) is 0 Å². The van der Waals surface area contributed by atoms with Gasteiger partial charge >= 0.3 is 0 Å². The number of carbonyl (C=O) groups is 1. The van der Waals surface area contributed by atoms with E-state index in [0.717, 1.165) is 30.7 Å². The molecule has 2 aromatic rings. The van der Waals surface area contributed by atoms with Gasteiger partial charge in [-0.1, -0.05) is 26.0 Å². The van der Waals surface area contributed by atoms with Crippen LogP contribution in [0.15, 0.2) is 24.3 Å². The molecular formula is C20H23FN2O. The van der Waals surface area contributed by atoms with E-state index in [2.05, 4.69) is 13.8 Å². The van der Waals surface area contributed by atoms with Crippen molar-refractivity contribution >= 4 is 5.78 Å². The molecule has 1 aromatic heterocycles. The molecule has 4 rings (SSSR count). The van der Waals surface area contributed by atoms with E-state index in [1.165, 1.54) is 11.6 Å². The third-order valence-electron chi connectivity index (χ3n) is 6.34. The van der Waals surface area contributed by atoms with Crippen LogP contribution < -0.4 is 0 Å². The quantitative estimate of drug-likeness (QED) is 0.792. The molecule has 0 saturated heterocycles. The van der Waals surface area contributed by atoms with Gasteiger partial charge in [-0.2, -0.15) is 5.10 Å². The van der Waals surface area contributed by atoms with Gasteiger partial charge in [0, 0.05) is 35.9 Å². The number of fused-ring (bicyclic) bond motifs is 3. The fourth-order valence-electron chi connectivity index (χ4n) is 4.99. The standard InChI is InChI=1S/C20H23FN2O/c1-12-15-9-8-14-18(13-6-4-5-7-16(13)21)23(3)22-19(14)20(15,2)11-10-17(12)24/h4-7,12,15H,8-11H2,1-3H3/t12-,15-,20-/m0/s1. The zero-order valence-electron chi connectivity index (χ0n) is 14.5. The van der Waals surface area contributed by atoms with Gasteiger partial charge in [0.15, 0.2) is 0 Å². The summed E-state index contributed by atoms with van der Waals surface area (Å²) in [6, 6.07) is 6.91. The maximum atomic E-state index is 14.4. The summed E-state index contributed by atoms with van der Waals surface area (Å²) in [4.78, 5) is 12.2. The number of halogens is 1. The van der Waals surface area contributed by atoms with E-state index in [1.54, 1.807) is 6.07 Å². The number of rotatable bonds is 1. The van der Waals surface area contributed by atoms with Crippen LogP contribution in [0.4, 0.5) is 4.39 Å². The number of aryl methyl sites for hydroxylation is 1. The van der Waals surface area contributed by atoms with Gasteiger partial charge in [0.05, 0.1) is 11.4 Å². The Bertz CT molecular complexity index is 825. The van der Waals surface area contributed by atoms with Crippen LogP contribution in [0.1, 0.15) is 44.4 Å². The second-order valence-corrected chi connectivity index (χ2v) is 7.60. The van der Waals surface area contributed by atoms with Crippen LogP contribution in [-0.4, -0.2) is 15.6 Å². The highest BCUT2D eigenvalue weighted by Crippen LogP contribution is 2.52. The third-order valence-corrected chi connectivity index (χ3v) is 6.34. The Kier molecular flexibility index (Phi) is 3.41. The molecule has 126 valence electrons. The monoisotopic (exact) mass is 326 g/mol. The first-order chi connectivity index (χ1) is 11.4. The Morgan fingerprint density at radius 1 is 1.29 bits per heavy atom. The van der Waals surface area contributed by atoms with Crippen molar-refractivity contribution in [2.24, 2.45) is 18.9 Å². The van der Waals surface area contributed by atoms with Gasteiger partial charge in [-0.05, 0) is 37.3 Å². The first-order valence-corrected chi connectivity index (χ1v) is 8.77. The number of benzene rings is 1. The molecule has 0 N–H and O–H groups in total. The Hall–Kier alpha value is -1.97. The zero-order chi connectivity index (χ0) is 17.1. The third kappa shape index (κ3) is 2.01. The number of nitrogens with zero attached hydrogens (tertiary/aromatic N) is 2. The summed E-state index contributed by atoms with van der Waals surface area (Å²) in [5.41, 5.74) is 3.69. The molecule has 0 radical (unpaired) electrons. The van der Waals surface area contributed by atoms with Gasteiger partial charge in [0.25, 0.3) is 0 Å². The fourth-order valence-corrected chi connectivity index (χ4v) is 4.99. The lowest BCUT2D eigenvalue weighted by Crippen LogP contribution is -2.46. The van der Waals surface area contributed by atoms with Crippen LogP contribution >= 0.6 is 0 Å². The Balaban J connectivity index is 1.88. The van der Waals surface area contributed by atoms with Gasteiger partial charge < -0.3 is 0 Å². The van der Waals surface area contributed by atoms with Gasteiger partial charge in [-0.15, -0.1) is 0 Å². The molecule has 1 heterocycles. The van der Waals surface area contributed by atoms with Crippen molar-refractivity contribution in [3.63, 3.8) is 0 Å². The number of hydrogen-bond acceptors (Lipinski definition) is 2. The molecule has 0 unspecified atom stereocenters. The molecule has 0 bridgehead atoms. The van der Waals surface area contributed by atoms with Crippen LogP contribution in [0.5, 0.6) is 0 Å². The molecule has 1 aromatic carbocycles. The average molecular weight is 326 g/mol. The topological polar surface area (TPSA) is 34.9 Å². The average Bonchev–Trinajstić information content (AvgIpc) is 2.90. The molecule has 0 amide bonds. The van der Waals surface area contributed by atoms with Gasteiger partial charge in [-0.3, -0.25) is 9.48 Å². The van der Waals surface area contributed by atoms with Crippen molar-refractivity contribution < 1.29 is 9.18 Å². The Morgan fingerprint density at radius 2 is 2.04 bits per heavy atom. The highest BCUT2D eigenvalue weighted by atomic mass is 19.1. The molecule has 3 nitrogen and oxygen atoms in total. The highest BCUT2D eigenvalue weighted by Gasteiger charge is 2.50. The summed E-state index contributed by atoms with van der Waals surface area (Å²) in [5, 5.41) is 4.82. The van der Waals surface area contributed by atoms with Crippen LogP contribution in [0, 0.1) is 17.7 Å². The summed E-state index contributed by atoms with van der Waals surface area (Å²) >= 11 is 0. The molecule has 0 spiro atoms. The summed E-state index contributed by atoms with van der Waals surface area (Å²) < 4.78 is 16.2. The first kappa shape index (κ1) is 15.6. The lowest BCUT2D eigenvalue weighted by molar-refractivity contribution is -0.128. The molecule has 24 heavy (non-hydrogen) atoms. The lowest BCUT2D eigenvalue weighted by Gasteiger charge is -2.46. The second-order valence-electron chi connectivity index (χ2n) is 7.60. The largest absolute Gasteiger partial charge is 0.299 e. The molecular weight excluding hydrogens is 303 g/mol. The molecule has 2 aliphatic carbocycles. The highest BCUT2D eigenvalue weighted by molar-refractivity contribution is 5.82. The van der Waals surface area contributed by atoms with E-state index >= 15 is 0 Å². The number of carbonyl (C=O) groups excluding carboxylic acids is 1. The van der Waals surface area contributed by atoms with Crippen LogP contribution in [0.3, 0.4) is 0 Å². The van der Waals surface area contributed by atoms with Crippen LogP contribution in [0.25, 0.3) is 11.3 Å². The first-order valence-electron chi connectivity index (χ1n) is 8.77. The molecule has 0 aliphatic heterocycles. The van der Waals surface area contributed by atoms with E-state index in [4.69, 9.17) is 5.10 Å². The summed E-state index contributed by atoms with van der Waals surface area (Å²) in [7, 11) is 1.90. The maximum Gasteiger partial charge on any atom is 0.136 e. The van der Waals surface area contributed by atoms with Gasteiger partial charge in [0.1, 0.15) is 11.6 Å². The smallest absolute Gasteiger partial charge is 0.136 e. The second kappa shape index (κ2) is 5.27. The Morgan fingerprint density at radius 3 is 2.79 bits per heavy atom. The number of ketones is 1. The maximum absolute atomic E-state index is 14.4. The van der Waals surface area contributed by atoms with E-state index in [0.29, 0.717) is 23.7 Å². The van der Waals surface area contributed by atoms with Gasteiger partial charge in [-0.25, -0.2) is 4.39 Å². The minimum Gasteiger partial charge on any atom is -0.299 e. The van der Waals surface area contributed by atoms with Crippen molar-refractivity contribution in [3.05, 3.63) is 41.3 Å².